The number of ether oxygens (including phenoxy) is 1. The van der Waals surface area contributed by atoms with Crippen LogP contribution >= 0.6 is 0 Å². The minimum Gasteiger partial charge on any atom is -0.495 e. The van der Waals surface area contributed by atoms with E-state index in [1.54, 1.807) is 41.3 Å². The highest BCUT2D eigenvalue weighted by Gasteiger charge is 2.26. The maximum atomic E-state index is 12.6. The number of sulfonamides is 1. The summed E-state index contributed by atoms with van der Waals surface area (Å²) in [6.45, 7) is 2.63. The molecule has 0 unspecified atom stereocenters. The Kier molecular flexibility index (Phi) is 4.94. The first kappa shape index (κ1) is 17.9. The fourth-order valence-corrected chi connectivity index (χ4v) is 3.78. The van der Waals surface area contributed by atoms with Gasteiger partial charge in [-0.3, -0.25) is 4.79 Å². The summed E-state index contributed by atoms with van der Waals surface area (Å²) in [6, 6.07) is 11.6. The molecule has 8 heteroatoms. The fourth-order valence-electron chi connectivity index (χ4n) is 2.70. The molecule has 7 nitrogen and oxygen atoms in total. The van der Waals surface area contributed by atoms with Crippen molar-refractivity contribution in [1.82, 2.24) is 0 Å². The Labute approximate surface area is 152 Å². The number of fused-ring (bicyclic) bond motifs is 1. The van der Waals surface area contributed by atoms with Crippen molar-refractivity contribution in [1.29, 1.82) is 0 Å². The van der Waals surface area contributed by atoms with Crippen molar-refractivity contribution in [2.75, 3.05) is 23.9 Å². The van der Waals surface area contributed by atoms with Crippen molar-refractivity contribution >= 4 is 33.6 Å². The average Bonchev–Trinajstić information content (AvgIpc) is 2.64. The molecule has 1 amide bonds. The van der Waals surface area contributed by atoms with Crippen molar-refractivity contribution in [3.63, 3.8) is 0 Å². The topological polar surface area (TPSA) is 88.1 Å². The Hall–Kier alpha value is -2.87. The molecule has 0 saturated heterocycles. The first-order chi connectivity index (χ1) is 12.5. The number of carbonyl (C=O) groups excluding carboxylic acids is 1. The Morgan fingerprint density at radius 1 is 1.23 bits per heavy atom. The highest BCUT2D eigenvalue weighted by atomic mass is 32.2. The van der Waals surface area contributed by atoms with E-state index < -0.39 is 15.9 Å². The van der Waals surface area contributed by atoms with Gasteiger partial charge in [-0.2, -0.15) is 8.42 Å². The van der Waals surface area contributed by atoms with E-state index >= 15 is 0 Å². The van der Waals surface area contributed by atoms with Gasteiger partial charge in [0.1, 0.15) is 17.0 Å². The molecule has 0 radical (unpaired) electrons. The van der Waals surface area contributed by atoms with Gasteiger partial charge in [0, 0.05) is 12.1 Å². The largest absolute Gasteiger partial charge is 0.495 e. The van der Waals surface area contributed by atoms with Gasteiger partial charge in [-0.15, -0.1) is 4.40 Å². The lowest BCUT2D eigenvalue weighted by molar-refractivity contribution is 0.102. The van der Waals surface area contributed by atoms with E-state index in [0.29, 0.717) is 23.7 Å². The molecular weight excluding hydrogens is 354 g/mol. The number of benzene rings is 2. The monoisotopic (exact) mass is 373 g/mol. The summed E-state index contributed by atoms with van der Waals surface area (Å²) < 4.78 is 33.4. The molecule has 0 aromatic heterocycles. The molecule has 1 heterocycles. The number of nitrogens with one attached hydrogen (secondary N) is 1. The van der Waals surface area contributed by atoms with Gasteiger partial charge in [0.2, 0.25) is 0 Å². The molecule has 0 spiro atoms. The van der Waals surface area contributed by atoms with Gasteiger partial charge in [0.15, 0.2) is 0 Å². The predicted molar refractivity (Wildman–Crippen MR) is 101 cm³/mol. The molecular formula is C18H19N3O4S. The summed E-state index contributed by atoms with van der Waals surface area (Å²) in [5, 5.41) is 2.74. The Morgan fingerprint density at radius 3 is 2.73 bits per heavy atom. The van der Waals surface area contributed by atoms with Gasteiger partial charge in [0.05, 0.1) is 18.5 Å². The van der Waals surface area contributed by atoms with Crippen LogP contribution in [0, 0.1) is 0 Å². The van der Waals surface area contributed by atoms with E-state index in [4.69, 9.17) is 4.74 Å². The third-order valence-corrected chi connectivity index (χ3v) is 5.21. The molecule has 0 saturated carbocycles. The third kappa shape index (κ3) is 3.41. The van der Waals surface area contributed by atoms with Crippen LogP contribution in [0.3, 0.4) is 0 Å². The zero-order chi connectivity index (χ0) is 18.7. The van der Waals surface area contributed by atoms with Crippen molar-refractivity contribution in [2.45, 2.75) is 18.2 Å². The van der Waals surface area contributed by atoms with Crippen LogP contribution in [-0.4, -0.2) is 34.3 Å². The second-order valence-electron chi connectivity index (χ2n) is 5.73. The maximum Gasteiger partial charge on any atom is 0.285 e. The van der Waals surface area contributed by atoms with Crippen molar-refractivity contribution in [3.05, 3.63) is 48.0 Å². The van der Waals surface area contributed by atoms with Crippen molar-refractivity contribution in [3.8, 4) is 5.75 Å². The van der Waals surface area contributed by atoms with E-state index in [-0.39, 0.29) is 10.5 Å². The van der Waals surface area contributed by atoms with Crippen LogP contribution in [0.25, 0.3) is 0 Å². The lowest BCUT2D eigenvalue weighted by Crippen LogP contribution is -2.28. The zero-order valence-corrected chi connectivity index (χ0v) is 15.3. The van der Waals surface area contributed by atoms with Crippen LogP contribution in [0.4, 0.5) is 11.4 Å². The van der Waals surface area contributed by atoms with Gasteiger partial charge in [0.25, 0.3) is 15.9 Å². The molecule has 3 rings (SSSR count). The third-order valence-electron chi connectivity index (χ3n) is 3.95. The van der Waals surface area contributed by atoms with Crippen LogP contribution in [0.2, 0.25) is 0 Å². The molecule has 0 atom stereocenters. The van der Waals surface area contributed by atoms with E-state index in [0.717, 1.165) is 6.42 Å². The molecule has 26 heavy (non-hydrogen) atoms. The summed E-state index contributed by atoms with van der Waals surface area (Å²) >= 11 is 0. The first-order valence-corrected chi connectivity index (χ1v) is 9.56. The van der Waals surface area contributed by atoms with Crippen LogP contribution in [0.15, 0.2) is 51.8 Å². The Balaban J connectivity index is 1.94. The van der Waals surface area contributed by atoms with Crippen LogP contribution in [-0.2, 0) is 10.0 Å². The second-order valence-corrected chi connectivity index (χ2v) is 7.33. The summed E-state index contributed by atoms with van der Waals surface area (Å²) in [5.41, 5.74) is 1.26. The Bertz CT molecular complexity index is 970. The number of amides is 1. The predicted octanol–water partition coefficient (Wildman–Crippen LogP) is 2.89. The maximum absolute atomic E-state index is 12.6. The Morgan fingerprint density at radius 2 is 2.00 bits per heavy atom. The van der Waals surface area contributed by atoms with E-state index in [9.17, 15) is 13.2 Å². The number of rotatable bonds is 5. The molecule has 1 N–H and O–H groups in total. The summed E-state index contributed by atoms with van der Waals surface area (Å²) in [5.74, 6) is 0.0919. The molecule has 136 valence electrons. The molecule has 1 aliphatic heterocycles. The summed E-state index contributed by atoms with van der Waals surface area (Å²) in [6.07, 6.45) is 2.15. The average molecular weight is 373 g/mol. The van der Waals surface area contributed by atoms with Crippen LogP contribution < -0.4 is 15.0 Å². The molecule has 0 fully saturated rings. The molecule has 2 aromatic carbocycles. The fraction of sp³-hybridized carbons (Fsp3) is 0.222. The number of anilines is 2. The lowest BCUT2D eigenvalue weighted by Gasteiger charge is -2.25. The van der Waals surface area contributed by atoms with Crippen LogP contribution in [0.1, 0.15) is 23.7 Å². The summed E-state index contributed by atoms with van der Waals surface area (Å²) in [7, 11) is -2.30. The van der Waals surface area contributed by atoms with E-state index in [2.05, 4.69) is 9.71 Å². The summed E-state index contributed by atoms with van der Waals surface area (Å²) in [4.78, 5) is 14.4. The number of carbonyl (C=O) groups is 1. The van der Waals surface area contributed by atoms with Gasteiger partial charge in [-0.05, 0) is 36.8 Å². The highest BCUT2D eigenvalue weighted by molar-refractivity contribution is 7.90. The van der Waals surface area contributed by atoms with Crippen LogP contribution in [0.5, 0.6) is 5.75 Å². The molecule has 0 bridgehead atoms. The molecule has 0 aliphatic carbocycles. The number of hydrogen-bond acceptors (Lipinski definition) is 5. The number of hydrogen-bond donors (Lipinski definition) is 1. The zero-order valence-electron chi connectivity index (χ0n) is 14.5. The quantitative estimate of drug-likeness (QED) is 0.871. The van der Waals surface area contributed by atoms with Gasteiger partial charge in [-0.1, -0.05) is 19.1 Å². The standard InChI is InChI=1S/C18H19N3O4S/c1-3-10-21-12-19-26(23,24)17-11-13(8-9-15(17)21)18(22)20-14-6-4-5-7-16(14)25-2/h4-9,11-12H,3,10H2,1-2H3,(H,20,22). The highest BCUT2D eigenvalue weighted by Crippen LogP contribution is 2.31. The second kappa shape index (κ2) is 7.17. The smallest absolute Gasteiger partial charge is 0.285 e. The number of methoxy groups -OCH3 is 1. The van der Waals surface area contributed by atoms with Gasteiger partial charge >= 0.3 is 0 Å². The lowest BCUT2D eigenvalue weighted by atomic mass is 10.1. The van der Waals surface area contributed by atoms with Crippen molar-refractivity contribution < 1.29 is 17.9 Å². The minimum atomic E-state index is -3.81. The molecule has 1 aliphatic rings. The van der Waals surface area contributed by atoms with E-state index in [1.807, 2.05) is 6.92 Å². The first-order valence-electron chi connectivity index (χ1n) is 8.12. The van der Waals surface area contributed by atoms with E-state index in [1.165, 1.54) is 19.5 Å². The normalized spacial score (nSPS) is 14.6. The van der Waals surface area contributed by atoms with Crippen molar-refractivity contribution in [2.24, 2.45) is 4.40 Å². The number of nitrogens with zero attached hydrogens (tertiary/aromatic N) is 2. The number of para-hydroxylation sites is 2. The minimum absolute atomic E-state index is 0.0288. The van der Waals surface area contributed by atoms with Gasteiger partial charge < -0.3 is 15.0 Å². The molecule has 2 aromatic rings. The van der Waals surface area contributed by atoms with Gasteiger partial charge in [-0.25, -0.2) is 0 Å². The SMILES string of the molecule is CCCN1C=NS(=O)(=O)c2cc(C(=O)Nc3ccccc3OC)ccc21.